The molecule has 110 valence electrons. The highest BCUT2D eigenvalue weighted by molar-refractivity contribution is 9.10. The Labute approximate surface area is 135 Å². The molecule has 3 rings (SSSR count). The Morgan fingerprint density at radius 3 is 2.64 bits per heavy atom. The highest BCUT2D eigenvalue weighted by Crippen LogP contribution is 2.15. The summed E-state index contributed by atoms with van der Waals surface area (Å²) in [6.45, 7) is 0.181. The van der Waals surface area contributed by atoms with Gasteiger partial charge in [-0.05, 0) is 45.6 Å². The van der Waals surface area contributed by atoms with Crippen LogP contribution in [0.1, 0.15) is 15.9 Å². The molecule has 0 radical (unpaired) electrons. The Morgan fingerprint density at radius 1 is 1.09 bits per heavy atom. The van der Waals surface area contributed by atoms with Crippen molar-refractivity contribution in [2.75, 3.05) is 0 Å². The summed E-state index contributed by atoms with van der Waals surface area (Å²) in [6, 6.07) is 16.5. The molecule has 0 spiro atoms. The number of carbonyl (C=O) groups is 1. The van der Waals surface area contributed by atoms with Crippen molar-refractivity contribution in [3.8, 4) is 0 Å². The van der Waals surface area contributed by atoms with Gasteiger partial charge >= 0.3 is 0 Å². The molecule has 1 aromatic heterocycles. The Kier molecular flexibility index (Phi) is 4.06. The Bertz CT molecular complexity index is 902. The van der Waals surface area contributed by atoms with Crippen LogP contribution in [-0.2, 0) is 6.54 Å². The lowest BCUT2D eigenvalue weighted by molar-refractivity contribution is 0.0950. The molecule has 4 nitrogen and oxygen atoms in total. The summed E-state index contributed by atoms with van der Waals surface area (Å²) >= 11 is 3.34. The van der Waals surface area contributed by atoms with Crippen molar-refractivity contribution in [1.29, 1.82) is 0 Å². The number of fused-ring (bicyclic) bond motifs is 1. The normalized spacial score (nSPS) is 10.6. The van der Waals surface area contributed by atoms with E-state index in [2.05, 4.69) is 26.2 Å². The van der Waals surface area contributed by atoms with Crippen LogP contribution in [0.4, 0.5) is 0 Å². The van der Waals surface area contributed by atoms with Crippen molar-refractivity contribution >= 4 is 32.7 Å². The molecule has 0 aliphatic heterocycles. The number of aromatic nitrogens is 1. The molecule has 22 heavy (non-hydrogen) atoms. The lowest BCUT2D eigenvalue weighted by Crippen LogP contribution is -2.26. The Morgan fingerprint density at radius 2 is 1.82 bits per heavy atom. The molecule has 0 saturated carbocycles. The molecule has 0 aliphatic rings. The van der Waals surface area contributed by atoms with Gasteiger partial charge in [0, 0.05) is 22.1 Å². The maximum absolute atomic E-state index is 12.2. The summed E-state index contributed by atoms with van der Waals surface area (Å²) in [7, 11) is 0. The van der Waals surface area contributed by atoms with Gasteiger partial charge in [0.1, 0.15) is 0 Å². The summed E-state index contributed by atoms with van der Waals surface area (Å²) in [6.07, 6.45) is 0. The molecular formula is C17H13BrN2O2. The van der Waals surface area contributed by atoms with Crippen LogP contribution in [0.2, 0.25) is 0 Å². The number of hydrogen-bond donors (Lipinski definition) is 2. The highest BCUT2D eigenvalue weighted by atomic mass is 79.9. The molecule has 5 heteroatoms. The minimum Gasteiger partial charge on any atom is -0.348 e. The van der Waals surface area contributed by atoms with Gasteiger partial charge in [0.2, 0.25) is 0 Å². The van der Waals surface area contributed by atoms with Gasteiger partial charge in [-0.25, -0.2) is 0 Å². The fourth-order valence-corrected chi connectivity index (χ4v) is 2.70. The zero-order valence-electron chi connectivity index (χ0n) is 11.6. The van der Waals surface area contributed by atoms with Crippen LogP contribution in [0.25, 0.3) is 10.9 Å². The zero-order chi connectivity index (χ0) is 15.5. The van der Waals surface area contributed by atoms with Crippen LogP contribution in [0.5, 0.6) is 0 Å². The molecule has 3 aromatic rings. The highest BCUT2D eigenvalue weighted by Gasteiger charge is 2.10. The first-order valence-electron chi connectivity index (χ1n) is 6.79. The molecule has 1 heterocycles. The number of carbonyl (C=O) groups excluding carboxylic acids is 1. The molecule has 1 amide bonds. The van der Waals surface area contributed by atoms with Crippen molar-refractivity contribution in [3.63, 3.8) is 0 Å². The second-order valence-electron chi connectivity index (χ2n) is 4.87. The molecule has 0 bridgehead atoms. The van der Waals surface area contributed by atoms with Gasteiger partial charge < -0.3 is 10.3 Å². The fraction of sp³-hybridized carbons (Fsp3) is 0.0588. The van der Waals surface area contributed by atoms with E-state index in [9.17, 15) is 9.59 Å². The van der Waals surface area contributed by atoms with E-state index in [0.717, 1.165) is 15.4 Å². The summed E-state index contributed by atoms with van der Waals surface area (Å²) < 4.78 is 0.722. The Hall–Kier alpha value is -2.40. The van der Waals surface area contributed by atoms with Crippen molar-refractivity contribution in [2.24, 2.45) is 0 Å². The van der Waals surface area contributed by atoms with Crippen LogP contribution in [-0.4, -0.2) is 10.9 Å². The topological polar surface area (TPSA) is 62.0 Å². The first kappa shape index (κ1) is 14.5. The summed E-state index contributed by atoms with van der Waals surface area (Å²) in [4.78, 5) is 27.0. The van der Waals surface area contributed by atoms with Gasteiger partial charge in [0.05, 0.1) is 5.56 Å². The number of H-pyrrole nitrogens is 1. The average Bonchev–Trinajstić information content (AvgIpc) is 2.53. The molecule has 0 aliphatic carbocycles. The van der Waals surface area contributed by atoms with E-state index in [1.165, 1.54) is 0 Å². The third kappa shape index (κ3) is 2.94. The first-order chi connectivity index (χ1) is 10.6. The first-order valence-corrected chi connectivity index (χ1v) is 7.58. The number of pyridine rings is 1. The molecular weight excluding hydrogens is 344 g/mol. The Balaban J connectivity index is 1.82. The van der Waals surface area contributed by atoms with Crippen LogP contribution >= 0.6 is 15.9 Å². The molecule has 0 unspecified atom stereocenters. The number of benzene rings is 2. The van der Waals surface area contributed by atoms with E-state index < -0.39 is 0 Å². The summed E-state index contributed by atoms with van der Waals surface area (Å²) in [5, 5.41) is 3.71. The van der Waals surface area contributed by atoms with Gasteiger partial charge in [0.25, 0.3) is 11.5 Å². The van der Waals surface area contributed by atoms with E-state index in [4.69, 9.17) is 0 Å². The molecule has 2 aromatic carbocycles. The third-order valence-corrected chi connectivity index (χ3v) is 4.08. The quantitative estimate of drug-likeness (QED) is 0.756. The summed E-state index contributed by atoms with van der Waals surface area (Å²) in [5.74, 6) is -0.222. The lowest BCUT2D eigenvalue weighted by Gasteiger charge is -2.07. The van der Waals surface area contributed by atoms with Crippen molar-refractivity contribution in [3.05, 3.63) is 80.6 Å². The van der Waals surface area contributed by atoms with Gasteiger partial charge in [-0.15, -0.1) is 0 Å². The van der Waals surface area contributed by atoms with Crippen LogP contribution in [0.3, 0.4) is 0 Å². The van der Waals surface area contributed by atoms with Gasteiger partial charge in [-0.3, -0.25) is 9.59 Å². The van der Waals surface area contributed by atoms with Gasteiger partial charge in [-0.2, -0.15) is 0 Å². The molecule has 0 saturated heterocycles. The molecule has 2 N–H and O–H groups in total. The number of nitrogens with one attached hydrogen (secondary N) is 2. The van der Waals surface area contributed by atoms with E-state index in [1.54, 1.807) is 24.3 Å². The molecule has 0 atom stereocenters. The number of halogens is 1. The van der Waals surface area contributed by atoms with Crippen LogP contribution in [0.15, 0.2) is 63.9 Å². The predicted molar refractivity (Wildman–Crippen MR) is 89.9 cm³/mol. The second kappa shape index (κ2) is 6.15. The number of hydrogen-bond acceptors (Lipinski definition) is 2. The fourth-order valence-electron chi connectivity index (χ4n) is 2.24. The lowest BCUT2D eigenvalue weighted by atomic mass is 10.1. The molecule has 0 fully saturated rings. The van der Waals surface area contributed by atoms with Crippen molar-refractivity contribution in [2.45, 2.75) is 6.54 Å². The number of amides is 1. The standard InChI is InChI=1S/C17H13BrN2O2/c18-14-7-3-2-6-13(14)17(22)19-10-12-9-11-5-1-4-8-15(11)20-16(12)21/h1-9H,10H2,(H,19,22)(H,20,21). The SMILES string of the molecule is O=C(NCc1cc2ccccc2[nH]c1=O)c1ccccc1Br. The predicted octanol–water partition coefficient (Wildman–Crippen LogP) is 3.22. The summed E-state index contributed by atoms with van der Waals surface area (Å²) in [5.41, 5.74) is 1.67. The third-order valence-electron chi connectivity index (χ3n) is 3.39. The minimum absolute atomic E-state index is 0.181. The van der Waals surface area contributed by atoms with Crippen molar-refractivity contribution < 1.29 is 4.79 Å². The maximum atomic E-state index is 12.2. The monoisotopic (exact) mass is 356 g/mol. The smallest absolute Gasteiger partial charge is 0.253 e. The minimum atomic E-state index is -0.222. The van der Waals surface area contributed by atoms with Crippen molar-refractivity contribution in [1.82, 2.24) is 10.3 Å². The zero-order valence-corrected chi connectivity index (χ0v) is 13.2. The van der Waals surface area contributed by atoms with Gasteiger partial charge in [-0.1, -0.05) is 30.3 Å². The van der Waals surface area contributed by atoms with E-state index in [-0.39, 0.29) is 18.0 Å². The van der Waals surface area contributed by atoms with Crippen LogP contribution < -0.4 is 10.9 Å². The number of rotatable bonds is 3. The number of aromatic amines is 1. The average molecular weight is 357 g/mol. The maximum Gasteiger partial charge on any atom is 0.253 e. The van der Waals surface area contributed by atoms with Gasteiger partial charge in [0.15, 0.2) is 0 Å². The van der Waals surface area contributed by atoms with Crippen LogP contribution in [0, 0.1) is 0 Å². The van der Waals surface area contributed by atoms with E-state index in [1.807, 2.05) is 30.3 Å². The number of para-hydroxylation sites is 1. The second-order valence-corrected chi connectivity index (χ2v) is 5.73. The largest absolute Gasteiger partial charge is 0.348 e. The van der Waals surface area contributed by atoms with E-state index >= 15 is 0 Å². The van der Waals surface area contributed by atoms with E-state index in [0.29, 0.717) is 11.1 Å².